The van der Waals surface area contributed by atoms with Gasteiger partial charge in [-0.25, -0.2) is 9.69 Å². The minimum absolute atomic E-state index is 0.0464. The average Bonchev–Trinajstić information content (AvgIpc) is 2.98. The maximum Gasteiger partial charge on any atom is 0.335 e. The monoisotopic (exact) mass is 411 g/mol. The van der Waals surface area contributed by atoms with Crippen LogP contribution in [0.1, 0.15) is 55.8 Å². The highest BCUT2D eigenvalue weighted by Gasteiger charge is 2.49. The molecule has 1 aliphatic carbocycles. The average molecular weight is 412 g/mol. The Morgan fingerprint density at radius 1 is 0.933 bits per heavy atom. The van der Waals surface area contributed by atoms with Crippen LogP contribution in [0.2, 0.25) is 0 Å². The molecule has 0 radical (unpaired) electrons. The third-order valence-corrected chi connectivity index (χ3v) is 6.84. The van der Waals surface area contributed by atoms with E-state index in [0.717, 1.165) is 36.1 Å². The van der Waals surface area contributed by atoms with Gasteiger partial charge in [0, 0.05) is 30.6 Å². The Hall–Kier alpha value is -2.54. The third kappa shape index (κ3) is 3.90. The summed E-state index contributed by atoms with van der Waals surface area (Å²) in [5, 5.41) is 0. The van der Waals surface area contributed by atoms with Crippen LogP contribution in [-0.4, -0.2) is 64.1 Å². The lowest BCUT2D eigenvalue weighted by Gasteiger charge is -2.35. The first kappa shape index (κ1) is 20.7. The molecule has 3 aliphatic rings. The number of carbonyl (C=O) groups is 4. The van der Waals surface area contributed by atoms with Crippen molar-refractivity contribution in [3.8, 4) is 0 Å². The number of piperidine rings is 1. The summed E-state index contributed by atoms with van der Waals surface area (Å²) in [6.07, 6.45) is 5.18. The molecule has 7 heteroatoms. The van der Waals surface area contributed by atoms with Crippen molar-refractivity contribution >= 4 is 23.6 Å². The lowest BCUT2D eigenvalue weighted by molar-refractivity contribution is -0.145. The summed E-state index contributed by atoms with van der Waals surface area (Å²) in [5.74, 6) is -1.08. The first-order chi connectivity index (χ1) is 14.5. The van der Waals surface area contributed by atoms with Crippen molar-refractivity contribution in [1.29, 1.82) is 0 Å². The number of carbonyl (C=O) groups excluding carboxylic acids is 4. The van der Waals surface area contributed by atoms with Gasteiger partial charge in [-0.15, -0.1) is 0 Å². The van der Waals surface area contributed by atoms with Crippen LogP contribution < -0.4 is 0 Å². The van der Waals surface area contributed by atoms with Gasteiger partial charge in [0.1, 0.15) is 0 Å². The lowest BCUT2D eigenvalue weighted by Crippen LogP contribution is -2.48. The van der Waals surface area contributed by atoms with Crippen molar-refractivity contribution in [2.45, 2.75) is 51.5 Å². The first-order valence-electron chi connectivity index (χ1n) is 11.0. The summed E-state index contributed by atoms with van der Waals surface area (Å²) in [7, 11) is 0. The van der Waals surface area contributed by atoms with E-state index in [4.69, 9.17) is 0 Å². The van der Waals surface area contributed by atoms with Crippen LogP contribution in [0.15, 0.2) is 30.3 Å². The van der Waals surface area contributed by atoms with Crippen LogP contribution in [0, 0.1) is 11.8 Å². The van der Waals surface area contributed by atoms with Crippen LogP contribution in [0.3, 0.4) is 0 Å². The highest BCUT2D eigenvalue weighted by molar-refractivity contribution is 6.44. The van der Waals surface area contributed by atoms with Crippen molar-refractivity contribution in [2.24, 2.45) is 11.8 Å². The van der Waals surface area contributed by atoms with Gasteiger partial charge in [-0.1, -0.05) is 50.1 Å². The molecule has 30 heavy (non-hydrogen) atoms. The predicted molar refractivity (Wildman–Crippen MR) is 110 cm³/mol. The molecule has 1 aromatic rings. The Morgan fingerprint density at radius 2 is 1.60 bits per heavy atom. The van der Waals surface area contributed by atoms with Crippen molar-refractivity contribution in [1.82, 2.24) is 14.7 Å². The van der Waals surface area contributed by atoms with Gasteiger partial charge in [-0.2, -0.15) is 0 Å². The van der Waals surface area contributed by atoms with E-state index in [0.29, 0.717) is 25.9 Å². The molecular weight excluding hydrogens is 382 g/mol. The Bertz CT molecular complexity index is 832. The fraction of sp³-hybridized carbons (Fsp3) is 0.565. The van der Waals surface area contributed by atoms with E-state index in [1.807, 2.05) is 42.2 Å². The molecule has 1 saturated carbocycles. The molecule has 0 aromatic heterocycles. The number of hydrogen-bond donors (Lipinski definition) is 0. The molecule has 160 valence electrons. The van der Waals surface area contributed by atoms with E-state index < -0.39 is 17.8 Å². The minimum Gasteiger partial charge on any atom is -0.294 e. The summed E-state index contributed by atoms with van der Waals surface area (Å²) >= 11 is 0. The zero-order chi connectivity index (χ0) is 21.3. The normalized spacial score (nSPS) is 26.5. The fourth-order valence-electron chi connectivity index (χ4n) is 4.99. The van der Waals surface area contributed by atoms with Gasteiger partial charge in [0.25, 0.3) is 0 Å². The number of imide groups is 2. The van der Waals surface area contributed by atoms with Gasteiger partial charge in [0.15, 0.2) is 5.78 Å². The standard InChI is InChI=1S/C23H29N3O4/c1-16-7-5-6-10-19(16)26-22(29)21(28)25(23(26)30)15-24-13-11-18(12-14-24)20(27)17-8-3-2-4-9-17/h2-4,8-9,16,18-19H,5-7,10-15H2,1H3. The zero-order valence-corrected chi connectivity index (χ0v) is 17.5. The number of hydrogen-bond acceptors (Lipinski definition) is 5. The third-order valence-electron chi connectivity index (χ3n) is 6.84. The number of rotatable bonds is 5. The fourth-order valence-corrected chi connectivity index (χ4v) is 4.99. The smallest absolute Gasteiger partial charge is 0.294 e. The molecule has 4 rings (SSSR count). The molecule has 0 N–H and O–H groups in total. The number of Topliss-reactive ketones (excluding diaryl/α,β-unsaturated/α-hetero) is 1. The Kier molecular flexibility index (Phi) is 5.99. The van der Waals surface area contributed by atoms with Crippen molar-refractivity contribution in [2.75, 3.05) is 19.8 Å². The van der Waals surface area contributed by atoms with E-state index >= 15 is 0 Å². The number of ketones is 1. The molecule has 0 spiro atoms. The number of likely N-dealkylation sites (tertiary alicyclic amines) is 1. The van der Waals surface area contributed by atoms with E-state index in [1.165, 1.54) is 4.90 Å². The molecule has 3 fully saturated rings. The van der Waals surface area contributed by atoms with Crippen LogP contribution >= 0.6 is 0 Å². The topological polar surface area (TPSA) is 78.0 Å². The van der Waals surface area contributed by atoms with Gasteiger partial charge in [-0.05, 0) is 31.6 Å². The maximum atomic E-state index is 12.9. The highest BCUT2D eigenvalue weighted by atomic mass is 16.2. The van der Waals surface area contributed by atoms with E-state index in [1.54, 1.807) is 0 Å². The molecular formula is C23H29N3O4. The second kappa shape index (κ2) is 8.68. The van der Waals surface area contributed by atoms with Crippen LogP contribution in [-0.2, 0) is 9.59 Å². The molecule has 2 saturated heterocycles. The summed E-state index contributed by atoms with van der Waals surface area (Å²) in [6, 6.07) is 8.63. The van der Waals surface area contributed by atoms with Gasteiger partial charge < -0.3 is 0 Å². The Labute approximate surface area is 177 Å². The van der Waals surface area contributed by atoms with Gasteiger partial charge >= 0.3 is 17.8 Å². The lowest BCUT2D eigenvalue weighted by atomic mass is 9.85. The molecule has 2 atom stereocenters. The van der Waals surface area contributed by atoms with Gasteiger partial charge in [0.05, 0.1) is 6.67 Å². The summed E-state index contributed by atoms with van der Waals surface area (Å²) in [4.78, 5) is 55.0. The quantitative estimate of drug-likeness (QED) is 0.423. The molecule has 7 nitrogen and oxygen atoms in total. The number of benzene rings is 1. The number of urea groups is 1. The van der Waals surface area contributed by atoms with E-state index in [9.17, 15) is 19.2 Å². The van der Waals surface area contributed by atoms with Crippen LogP contribution in [0.4, 0.5) is 4.79 Å². The summed E-state index contributed by atoms with van der Waals surface area (Å²) in [6.45, 7) is 3.40. The van der Waals surface area contributed by atoms with Crippen molar-refractivity contribution in [3.63, 3.8) is 0 Å². The molecule has 2 heterocycles. The molecule has 4 amide bonds. The van der Waals surface area contributed by atoms with E-state index in [2.05, 4.69) is 0 Å². The Balaban J connectivity index is 1.36. The summed E-state index contributed by atoms with van der Waals surface area (Å²) < 4.78 is 0. The van der Waals surface area contributed by atoms with E-state index in [-0.39, 0.29) is 30.3 Å². The second-order valence-electron chi connectivity index (χ2n) is 8.78. The van der Waals surface area contributed by atoms with Crippen molar-refractivity contribution < 1.29 is 19.2 Å². The SMILES string of the molecule is CC1CCCCC1N1C(=O)C(=O)N(CN2CCC(C(=O)c3ccccc3)CC2)C1=O. The van der Waals surface area contributed by atoms with Crippen LogP contribution in [0.5, 0.6) is 0 Å². The number of amides is 4. The second-order valence-corrected chi connectivity index (χ2v) is 8.78. The zero-order valence-electron chi connectivity index (χ0n) is 17.5. The summed E-state index contributed by atoms with van der Waals surface area (Å²) in [5.41, 5.74) is 0.726. The molecule has 2 unspecified atom stereocenters. The number of nitrogens with zero attached hydrogens (tertiary/aromatic N) is 3. The largest absolute Gasteiger partial charge is 0.335 e. The molecule has 1 aromatic carbocycles. The maximum absolute atomic E-state index is 12.9. The molecule has 2 aliphatic heterocycles. The van der Waals surface area contributed by atoms with Crippen LogP contribution in [0.25, 0.3) is 0 Å². The van der Waals surface area contributed by atoms with Crippen molar-refractivity contribution in [3.05, 3.63) is 35.9 Å². The van der Waals surface area contributed by atoms with Gasteiger partial charge in [0.2, 0.25) is 0 Å². The first-order valence-corrected chi connectivity index (χ1v) is 11.0. The Morgan fingerprint density at radius 3 is 2.27 bits per heavy atom. The molecule has 0 bridgehead atoms. The highest BCUT2D eigenvalue weighted by Crippen LogP contribution is 2.31. The predicted octanol–water partition coefficient (Wildman–Crippen LogP) is 2.91. The van der Waals surface area contributed by atoms with Gasteiger partial charge in [-0.3, -0.25) is 24.2 Å². The minimum atomic E-state index is -0.722.